The van der Waals surface area contributed by atoms with Gasteiger partial charge < -0.3 is 30.7 Å². The van der Waals surface area contributed by atoms with Gasteiger partial charge in [-0.25, -0.2) is 40.7 Å². The van der Waals surface area contributed by atoms with Crippen molar-refractivity contribution < 1.29 is 43.0 Å². The summed E-state index contributed by atoms with van der Waals surface area (Å²) >= 11 is 6.96. The van der Waals surface area contributed by atoms with Crippen LogP contribution in [0.4, 0.5) is 10.9 Å². The van der Waals surface area contributed by atoms with E-state index in [9.17, 15) is 33.6 Å². The van der Waals surface area contributed by atoms with E-state index in [4.69, 9.17) is 35.3 Å². The molecule has 408 valence electrons. The lowest BCUT2D eigenvalue weighted by Gasteiger charge is -2.26. The van der Waals surface area contributed by atoms with Crippen LogP contribution in [0.3, 0.4) is 0 Å². The molecule has 7 aromatic heterocycles. The van der Waals surface area contributed by atoms with Gasteiger partial charge in [-0.1, -0.05) is 55.0 Å². The lowest BCUT2D eigenvalue weighted by atomic mass is 10.0. The van der Waals surface area contributed by atoms with Crippen LogP contribution >= 0.6 is 68.0 Å². The number of carbonyl (C=O) groups is 7. The Morgan fingerprint density at radius 3 is 2.27 bits per heavy atom. The van der Waals surface area contributed by atoms with Gasteiger partial charge in [0.25, 0.3) is 17.7 Å². The number of rotatable bonds is 12. The van der Waals surface area contributed by atoms with Crippen molar-refractivity contribution in [2.45, 2.75) is 71.2 Å². The minimum atomic E-state index is -1.07. The fourth-order valence-corrected chi connectivity index (χ4v) is 13.0. The Balaban J connectivity index is 1.14. The molecule has 0 saturated heterocycles. The van der Waals surface area contributed by atoms with Crippen molar-refractivity contribution in [3.8, 4) is 43.4 Å². The normalized spacial score (nSPS) is 15.3. The summed E-state index contributed by atoms with van der Waals surface area (Å²) in [6.45, 7) is 4.29. The summed E-state index contributed by atoms with van der Waals surface area (Å²) in [5, 5.41) is 23.6. The lowest BCUT2D eigenvalue weighted by Crippen LogP contribution is -2.41. The van der Waals surface area contributed by atoms with Crippen LogP contribution in [0.1, 0.15) is 115 Å². The Morgan fingerprint density at radius 2 is 1.51 bits per heavy atom. The number of amides is 6. The van der Waals surface area contributed by atoms with Gasteiger partial charge in [-0.3, -0.25) is 43.9 Å². The number of pyridine rings is 1. The maximum Gasteiger partial charge on any atom is 0.303 e. The SMILES string of the molecule is CCCCC(=O)Nc1csc(-c2ccc3c(n2)-c2csc(n2)-c2csc(n2)[C@H]([C@@H](OC(C)=O)c2ccccc2)NC(=O)CNC(=O)c2nc(sc2COC)NC(=O)c2nc(sc2C)[C@H](CC(=O)N(C)N)NC(=O)c2csc-3n2)n1. The smallest absolute Gasteiger partial charge is 0.303 e. The van der Waals surface area contributed by atoms with E-state index in [2.05, 4.69) is 41.5 Å². The van der Waals surface area contributed by atoms with Crippen molar-refractivity contribution in [3.63, 3.8) is 0 Å². The first-order valence-electron chi connectivity index (χ1n) is 24.1. The molecular weight excluding hydrogens is 1130 g/mol. The van der Waals surface area contributed by atoms with Gasteiger partial charge in [0.15, 0.2) is 11.2 Å². The topological polar surface area (TPSA) is 318 Å². The number of aromatic nitrogens is 7. The largest absolute Gasteiger partial charge is 0.455 e. The third-order valence-corrected chi connectivity index (χ3v) is 17.2. The van der Waals surface area contributed by atoms with E-state index in [1.165, 1.54) is 66.4 Å². The predicted molar refractivity (Wildman–Crippen MR) is 300 cm³/mol. The van der Waals surface area contributed by atoms with Crippen molar-refractivity contribution in [2.75, 3.05) is 31.3 Å². The van der Waals surface area contributed by atoms with E-state index in [-0.39, 0.29) is 46.2 Å². The van der Waals surface area contributed by atoms with Crippen LogP contribution in [0, 0.1) is 6.92 Å². The number of hydrogen-bond donors (Lipinski definition) is 6. The van der Waals surface area contributed by atoms with Gasteiger partial charge in [0.2, 0.25) is 17.7 Å². The molecular formula is C50H48N14O9S6. The van der Waals surface area contributed by atoms with Gasteiger partial charge in [-0.05, 0) is 31.0 Å². The van der Waals surface area contributed by atoms with E-state index in [0.29, 0.717) is 75.9 Å². The Bertz CT molecular complexity index is 3590. The fraction of sp³-hybridized carbons (Fsp3) is 0.280. The zero-order chi connectivity index (χ0) is 55.9. The molecule has 1 aliphatic heterocycles. The lowest BCUT2D eigenvalue weighted by molar-refractivity contribution is -0.149. The van der Waals surface area contributed by atoms with E-state index in [1.54, 1.807) is 70.9 Å². The molecule has 3 atom stereocenters. The van der Waals surface area contributed by atoms with Crippen molar-refractivity contribution in [1.29, 1.82) is 0 Å². The molecule has 0 fully saturated rings. The summed E-state index contributed by atoms with van der Waals surface area (Å²) < 4.78 is 11.2. The van der Waals surface area contributed by atoms with Crippen LogP contribution in [0.25, 0.3) is 43.4 Å². The molecule has 1 aromatic carbocycles. The molecule has 1 aliphatic rings. The average Bonchev–Trinajstić information content (AvgIpc) is 4.43. The molecule has 8 aromatic rings. The zero-order valence-electron chi connectivity index (χ0n) is 42.6. The Hall–Kier alpha value is -7.64. The average molecular weight is 1180 g/mol. The summed E-state index contributed by atoms with van der Waals surface area (Å²) in [5.41, 5.74) is 2.60. The first kappa shape index (κ1) is 56.1. The molecule has 8 heterocycles. The number of ether oxygens (including phenoxy) is 2. The second-order valence-corrected chi connectivity index (χ2v) is 23.2. The molecule has 0 unspecified atom stereocenters. The third kappa shape index (κ3) is 13.3. The summed E-state index contributed by atoms with van der Waals surface area (Å²) in [4.78, 5) is 129. The van der Waals surface area contributed by atoms with Crippen LogP contribution < -0.4 is 32.4 Å². The summed E-state index contributed by atoms with van der Waals surface area (Å²) in [6.07, 6.45) is 0.560. The molecule has 79 heavy (non-hydrogen) atoms. The monoisotopic (exact) mass is 1180 g/mol. The number of unbranched alkanes of at least 4 members (excludes halogenated alkanes) is 1. The summed E-state index contributed by atoms with van der Waals surface area (Å²) in [6, 6.07) is 10.2. The van der Waals surface area contributed by atoms with Gasteiger partial charge in [0, 0.05) is 59.5 Å². The Labute approximate surface area is 474 Å². The highest BCUT2D eigenvalue weighted by atomic mass is 32.1. The number of nitrogens with two attached hydrogens (primary N) is 1. The van der Waals surface area contributed by atoms with Gasteiger partial charge in [-0.2, -0.15) is 0 Å². The molecule has 9 rings (SSSR count). The number of methoxy groups -OCH3 is 1. The first-order chi connectivity index (χ1) is 38.0. The molecule has 0 aliphatic carbocycles. The molecule has 6 amide bonds. The third-order valence-electron chi connectivity index (χ3n) is 11.6. The van der Waals surface area contributed by atoms with Crippen LogP contribution in [-0.2, 0) is 35.3 Å². The van der Waals surface area contributed by atoms with Crippen molar-refractivity contribution >= 4 is 120 Å². The highest BCUT2D eigenvalue weighted by molar-refractivity contribution is 7.16. The molecule has 0 radical (unpaired) electrons. The molecule has 7 N–H and O–H groups in total. The van der Waals surface area contributed by atoms with E-state index >= 15 is 0 Å². The number of anilines is 2. The number of nitrogens with zero attached hydrogens (tertiary/aromatic N) is 8. The zero-order valence-corrected chi connectivity index (χ0v) is 47.5. The fourth-order valence-electron chi connectivity index (χ4n) is 7.85. The summed E-state index contributed by atoms with van der Waals surface area (Å²) in [7, 11) is 2.79. The van der Waals surface area contributed by atoms with Crippen LogP contribution in [0.5, 0.6) is 0 Å². The van der Waals surface area contributed by atoms with Crippen LogP contribution in [0.2, 0.25) is 0 Å². The Kier molecular flexibility index (Phi) is 17.8. The van der Waals surface area contributed by atoms with Gasteiger partial charge in [0.1, 0.15) is 71.1 Å². The van der Waals surface area contributed by atoms with Crippen molar-refractivity contribution in [2.24, 2.45) is 5.84 Å². The number of fused-ring (bicyclic) bond motifs is 14. The maximum atomic E-state index is 14.2. The first-order valence-corrected chi connectivity index (χ1v) is 29.2. The number of hydrogen-bond acceptors (Lipinski definition) is 23. The van der Waals surface area contributed by atoms with Crippen molar-refractivity contribution in [3.05, 3.63) is 106 Å². The molecule has 0 spiro atoms. The Morgan fingerprint density at radius 1 is 0.772 bits per heavy atom. The van der Waals surface area contributed by atoms with Crippen LogP contribution in [-0.4, -0.2) is 102 Å². The standard InChI is InChI=1S/C50H48N14O9S6/c1-6-7-13-34(66)58-33-22-77-46(59-33)27-15-14-26-38(53-27)29-19-75-47(55-29)31-21-76-49(57-31)40(41(73-24(3)65)25-11-9-8-10-12-25)60-35(67)17-52-43(70)39-32(18-72-5)79-50(62-39)63-44(71)37-23(2)78-48(61-37)28(16-36(68)64(4)51)54-42(69)30-20-74-45(26)56-30/h8-12,14-15,19-22,28,40-41H,6-7,13,16-18,51H2,1-5H3,(H,52,70)(H,54,69)(H,58,66)(H,60,67)(H,62,63,71)/t28-,40-,41-/m0/s1. The molecule has 29 heteroatoms. The van der Waals surface area contributed by atoms with Gasteiger partial charge in [-0.15, -0.1) is 56.7 Å². The minimum Gasteiger partial charge on any atom is -0.455 e. The number of nitrogens with one attached hydrogen (secondary N) is 5. The minimum absolute atomic E-state index is 0.00464. The molecule has 10 bridgehead atoms. The second kappa shape index (κ2) is 25.0. The number of esters is 1. The van der Waals surface area contributed by atoms with Crippen molar-refractivity contribution in [1.82, 2.24) is 55.8 Å². The van der Waals surface area contributed by atoms with Crippen LogP contribution in [0.15, 0.2) is 64.0 Å². The van der Waals surface area contributed by atoms with Gasteiger partial charge >= 0.3 is 5.97 Å². The highest BCUT2D eigenvalue weighted by Crippen LogP contribution is 2.40. The number of hydrazine groups is 1. The number of aryl methyl sites for hydroxylation is 1. The molecule has 23 nitrogen and oxygen atoms in total. The highest BCUT2D eigenvalue weighted by Gasteiger charge is 2.34. The second-order valence-electron chi connectivity index (χ2n) is 17.5. The van der Waals surface area contributed by atoms with E-state index < -0.39 is 60.2 Å². The number of benzene rings is 1. The van der Waals surface area contributed by atoms with E-state index in [1.807, 2.05) is 6.92 Å². The summed E-state index contributed by atoms with van der Waals surface area (Å²) in [5.74, 6) is 2.15. The maximum absolute atomic E-state index is 14.2. The number of carbonyl (C=O) groups excluding carboxylic acids is 7. The number of thiazole rings is 6. The van der Waals surface area contributed by atoms with E-state index in [0.717, 1.165) is 40.5 Å². The quantitative estimate of drug-likeness (QED) is 0.0295. The predicted octanol–water partition coefficient (Wildman–Crippen LogP) is 7.72. The van der Waals surface area contributed by atoms with Gasteiger partial charge in [0.05, 0.1) is 36.2 Å². The molecule has 0 saturated carbocycles.